The van der Waals surface area contributed by atoms with Gasteiger partial charge in [0.05, 0.1) is 2.74 Å². The molecule has 0 bridgehead atoms. The minimum atomic E-state index is -0.0648. The van der Waals surface area contributed by atoms with Crippen molar-refractivity contribution in [3.63, 3.8) is 0 Å². The first kappa shape index (κ1) is 2.26. The first-order valence-electron chi connectivity index (χ1n) is 2.76. The van der Waals surface area contributed by atoms with Crippen LogP contribution in [0.5, 0.6) is 0 Å². The fourth-order valence-electron chi connectivity index (χ4n) is 0.251. The van der Waals surface area contributed by atoms with Crippen LogP contribution in [0.3, 0.4) is 0 Å². The summed E-state index contributed by atoms with van der Waals surface area (Å²) in [5, 5.41) is 6.72. The molecule has 1 aromatic rings. The maximum atomic E-state index is 7.03. The summed E-state index contributed by atoms with van der Waals surface area (Å²) in [6.07, 6.45) is 1.18. The molecule has 0 aromatic carbocycles. The molecule has 0 saturated carbocycles. The van der Waals surface area contributed by atoms with Gasteiger partial charge in [0.25, 0.3) is 0 Å². The van der Waals surface area contributed by atoms with Gasteiger partial charge >= 0.3 is 0 Å². The van der Waals surface area contributed by atoms with E-state index >= 15 is 0 Å². The number of anilines is 1. The average molecular weight is 97.1 g/mol. The monoisotopic (exact) mass is 97.1 g/mol. The Balaban J connectivity index is 3.25. The molecule has 0 aliphatic heterocycles. The van der Waals surface area contributed by atoms with Gasteiger partial charge in [0.2, 0.25) is 0 Å². The van der Waals surface area contributed by atoms with Crippen LogP contribution in [-0.4, -0.2) is 10.2 Å². The van der Waals surface area contributed by atoms with Gasteiger partial charge in [0, 0.05) is 6.20 Å². The molecule has 0 unspecified atom stereocenters. The molecule has 0 radical (unpaired) electrons. The Morgan fingerprint density at radius 3 is 3.29 bits per heavy atom. The third-order valence-electron chi connectivity index (χ3n) is 0.488. The second-order valence-electron chi connectivity index (χ2n) is 0.999. The number of aromatic nitrogens is 2. The van der Waals surface area contributed by atoms with Crippen LogP contribution >= 0.6 is 0 Å². The summed E-state index contributed by atoms with van der Waals surface area (Å²) in [7, 11) is 0. The quantitative estimate of drug-likeness (QED) is 0.498. The van der Waals surface area contributed by atoms with Gasteiger partial charge in [-0.25, -0.2) is 0 Å². The van der Waals surface area contributed by atoms with Gasteiger partial charge in [-0.15, -0.1) is 5.10 Å². The van der Waals surface area contributed by atoms with Gasteiger partial charge < -0.3 is 5.73 Å². The average Bonchev–Trinajstić information content (AvgIpc) is 1.83. The summed E-state index contributed by atoms with van der Waals surface area (Å²) in [4.78, 5) is 0. The Morgan fingerprint density at radius 2 is 2.71 bits per heavy atom. The van der Waals surface area contributed by atoms with E-state index in [4.69, 9.17) is 8.48 Å². The highest BCUT2D eigenvalue weighted by molar-refractivity contribution is 5.22. The van der Waals surface area contributed by atoms with E-state index in [1.807, 2.05) is 0 Å². The highest BCUT2D eigenvalue weighted by atomic mass is 15.1. The maximum Gasteiger partial charge on any atom is 0.146 e. The third kappa shape index (κ3) is 0.855. The van der Waals surface area contributed by atoms with Crippen molar-refractivity contribution >= 4 is 5.82 Å². The zero-order chi connectivity index (χ0) is 6.85. The molecule has 0 spiro atoms. The van der Waals surface area contributed by atoms with Gasteiger partial charge in [-0.05, 0) is 12.1 Å². The minimum absolute atomic E-state index is 0.00231. The lowest BCUT2D eigenvalue weighted by molar-refractivity contribution is 1.04. The molecule has 1 rings (SSSR count). The molecule has 0 aliphatic rings. The second-order valence-corrected chi connectivity index (χ2v) is 0.999. The van der Waals surface area contributed by atoms with Crippen molar-refractivity contribution in [1.82, 2.24) is 10.2 Å². The Morgan fingerprint density at radius 1 is 1.86 bits per heavy atom. The molecule has 1 heterocycles. The summed E-state index contributed by atoms with van der Waals surface area (Å²) in [6, 6.07) is -0.0625. The number of nitrogens with two attached hydrogens (primary N) is 1. The van der Waals surface area contributed by atoms with E-state index in [0.717, 1.165) is 0 Å². The third-order valence-corrected chi connectivity index (χ3v) is 0.488. The van der Waals surface area contributed by atoms with E-state index in [-0.39, 0.29) is 17.9 Å². The molecule has 2 N–H and O–H groups in total. The highest BCUT2D eigenvalue weighted by Crippen LogP contribution is 1.86. The van der Waals surface area contributed by atoms with E-state index in [0.29, 0.717) is 0 Å². The minimum Gasteiger partial charge on any atom is -0.382 e. The molecular weight excluding hydrogens is 90.1 g/mol. The van der Waals surface area contributed by atoms with Crippen LogP contribution in [0.1, 0.15) is 2.74 Å². The molecule has 7 heavy (non-hydrogen) atoms. The Hall–Kier alpha value is -1.12. The first-order valence-corrected chi connectivity index (χ1v) is 1.76. The Kier molecular flexibility index (Phi) is 0.500. The lowest BCUT2D eigenvalue weighted by Crippen LogP contribution is -1.88. The number of hydrogen-bond acceptors (Lipinski definition) is 3. The molecule has 0 amide bonds. The normalized spacial score (nSPS) is 12.6. The fourth-order valence-corrected chi connectivity index (χ4v) is 0.251. The van der Waals surface area contributed by atoms with E-state index in [2.05, 4.69) is 10.2 Å². The maximum absolute atomic E-state index is 7.03. The van der Waals surface area contributed by atoms with Crippen LogP contribution in [-0.2, 0) is 0 Å². The smallest absolute Gasteiger partial charge is 0.146 e. The summed E-state index contributed by atoms with van der Waals surface area (Å²) in [5.74, 6) is 0.00231. The van der Waals surface area contributed by atoms with Crippen LogP contribution in [0, 0.1) is 0 Å². The van der Waals surface area contributed by atoms with Crippen molar-refractivity contribution in [2.45, 2.75) is 0 Å². The largest absolute Gasteiger partial charge is 0.382 e. The van der Waals surface area contributed by atoms with Crippen molar-refractivity contribution in [1.29, 1.82) is 0 Å². The summed E-state index contributed by atoms with van der Waals surface area (Å²) < 4.78 is 14.0. The zero-order valence-corrected chi connectivity index (χ0v) is 3.55. The van der Waals surface area contributed by atoms with E-state index in [9.17, 15) is 0 Å². The van der Waals surface area contributed by atoms with Crippen LogP contribution in [0.25, 0.3) is 0 Å². The van der Waals surface area contributed by atoms with Gasteiger partial charge in [-0.1, -0.05) is 0 Å². The number of nitrogen functional groups attached to an aromatic ring is 1. The molecule has 36 valence electrons. The summed E-state index contributed by atoms with van der Waals surface area (Å²) in [5.41, 5.74) is 5.14. The van der Waals surface area contributed by atoms with E-state index in [1.165, 1.54) is 6.20 Å². The Bertz CT molecular complexity index is 205. The number of hydrogen-bond donors (Lipinski definition) is 1. The predicted molar refractivity (Wildman–Crippen MR) is 26.4 cm³/mol. The van der Waals surface area contributed by atoms with Gasteiger partial charge in [-0.3, -0.25) is 0 Å². The van der Waals surface area contributed by atoms with Gasteiger partial charge in [0.15, 0.2) is 0 Å². The van der Waals surface area contributed by atoms with E-state index in [1.54, 1.807) is 0 Å². The summed E-state index contributed by atoms with van der Waals surface area (Å²) in [6.45, 7) is 0. The fraction of sp³-hybridized carbons (Fsp3) is 0. The molecule has 0 saturated heterocycles. The van der Waals surface area contributed by atoms with Crippen molar-refractivity contribution in [3.8, 4) is 0 Å². The highest BCUT2D eigenvalue weighted by Gasteiger charge is 1.75. The van der Waals surface area contributed by atoms with Crippen molar-refractivity contribution in [2.24, 2.45) is 0 Å². The molecule has 0 fully saturated rings. The lowest BCUT2D eigenvalue weighted by Gasteiger charge is -1.81. The van der Waals surface area contributed by atoms with Crippen molar-refractivity contribution in [3.05, 3.63) is 18.3 Å². The number of nitrogens with zero attached hydrogens (tertiary/aromatic N) is 2. The molecule has 0 aliphatic carbocycles. The predicted octanol–water partition coefficient (Wildman–Crippen LogP) is 0.0588. The summed E-state index contributed by atoms with van der Waals surface area (Å²) >= 11 is 0. The van der Waals surface area contributed by atoms with Crippen molar-refractivity contribution in [2.75, 3.05) is 5.73 Å². The zero-order valence-electron chi connectivity index (χ0n) is 5.55. The van der Waals surface area contributed by atoms with Crippen LogP contribution in [0.4, 0.5) is 5.82 Å². The number of rotatable bonds is 0. The molecule has 3 heteroatoms. The van der Waals surface area contributed by atoms with Crippen molar-refractivity contribution < 1.29 is 2.74 Å². The standard InChI is InChI=1S/C4H5N3/c5-4-2-1-3-6-7-4/h1-3H,(H2,5,7)/i1D,2D. The lowest BCUT2D eigenvalue weighted by atomic mass is 10.6. The topological polar surface area (TPSA) is 51.8 Å². The van der Waals surface area contributed by atoms with Crippen LogP contribution < -0.4 is 5.73 Å². The van der Waals surface area contributed by atoms with Gasteiger partial charge in [-0.2, -0.15) is 5.10 Å². The Labute approximate surface area is 44.0 Å². The molecule has 1 aromatic heterocycles. The van der Waals surface area contributed by atoms with E-state index < -0.39 is 0 Å². The van der Waals surface area contributed by atoms with Gasteiger partial charge in [0.1, 0.15) is 5.82 Å². The molecule has 3 nitrogen and oxygen atoms in total. The van der Waals surface area contributed by atoms with Crippen LogP contribution in [0.2, 0.25) is 0 Å². The van der Waals surface area contributed by atoms with Crippen LogP contribution in [0.15, 0.2) is 18.3 Å². The SMILES string of the molecule is [2H]c1cnnc(N)c1[2H]. The molecular formula is C4H5N3. The second kappa shape index (κ2) is 1.55. The first-order chi connectivity index (χ1) is 4.22. The molecule has 0 atom stereocenters.